The molecule has 248 valence electrons. The molecule has 2 amide bonds. The molecule has 48 heavy (non-hydrogen) atoms. The highest BCUT2D eigenvalue weighted by atomic mass is 32.2. The molecule has 4 N–H and O–H groups in total. The van der Waals surface area contributed by atoms with Crippen molar-refractivity contribution < 1.29 is 9.59 Å². The summed E-state index contributed by atoms with van der Waals surface area (Å²) in [4.78, 5) is 34.0. The number of hydrogen-bond acceptors (Lipinski definition) is 10. The standard InChI is InChI=1S/C16H14N4OS2.C16H16N4OS2.C2H6/c21-14(17-12-4-2-1-3-5-12)16(7-8-16)23-15-18-13(19-20-15)11-6-9-22-10-11;1-16(2,14(21)17-12-6-4-3-5-7-12)23-15-18-13(19-20-15)11-8-9-22-10-11;1-2/h1-6,9-10H,7-8H2,(H,17,21)(H,18,19,20);3-10H,1-2H3,(H,17,21)(H,18,19,20);1-2H3. The fourth-order valence-electron chi connectivity index (χ4n) is 4.15. The Morgan fingerprint density at radius 3 is 1.75 bits per heavy atom. The minimum atomic E-state index is -0.691. The molecule has 1 aliphatic carbocycles. The molecule has 0 spiro atoms. The molecule has 1 fully saturated rings. The number of benzene rings is 2. The molecule has 1 aliphatic rings. The van der Waals surface area contributed by atoms with Crippen molar-refractivity contribution in [2.45, 2.75) is 60.3 Å². The number of nitrogens with zero attached hydrogens (tertiary/aromatic N) is 4. The van der Waals surface area contributed by atoms with E-state index in [0.29, 0.717) is 16.1 Å². The Morgan fingerprint density at radius 2 is 1.25 bits per heavy atom. The molecular weight excluding hydrogens is 681 g/mol. The SMILES string of the molecule is CC.CC(C)(Sc1n[nH]c(-c2ccsc2)n1)C(=O)Nc1ccccc1.O=C(Nc1ccccc1)C1(Sc2n[nH]c(-c3ccsc3)n2)CC1. The molecule has 0 bridgehead atoms. The normalized spacial score (nSPS) is 12.9. The third-order valence-corrected chi connectivity index (χ3v) is 10.7. The third kappa shape index (κ3) is 9.22. The number of carbonyl (C=O) groups is 2. The van der Waals surface area contributed by atoms with Crippen LogP contribution in [-0.4, -0.2) is 51.7 Å². The minimum Gasteiger partial charge on any atom is -0.325 e. The summed E-state index contributed by atoms with van der Waals surface area (Å²) in [5.41, 5.74) is 3.62. The molecule has 10 nitrogen and oxygen atoms in total. The van der Waals surface area contributed by atoms with E-state index in [4.69, 9.17) is 0 Å². The predicted octanol–water partition coefficient (Wildman–Crippen LogP) is 8.87. The summed E-state index contributed by atoms with van der Waals surface area (Å²) in [6.07, 6.45) is 1.69. The first-order chi connectivity index (χ1) is 23.3. The number of aromatic amines is 2. The summed E-state index contributed by atoms with van der Waals surface area (Å²) in [5, 5.41) is 29.4. The molecule has 0 saturated heterocycles. The molecule has 14 heteroatoms. The Bertz CT molecular complexity index is 1740. The zero-order chi connectivity index (χ0) is 34.0. The second-order valence-electron chi connectivity index (χ2n) is 10.8. The maximum Gasteiger partial charge on any atom is 0.241 e. The van der Waals surface area contributed by atoms with Crippen LogP contribution in [0.5, 0.6) is 0 Å². The first kappa shape index (κ1) is 35.1. The van der Waals surface area contributed by atoms with Gasteiger partial charge in [0.2, 0.25) is 22.1 Å². The van der Waals surface area contributed by atoms with Crippen molar-refractivity contribution >= 4 is 69.4 Å². The highest BCUT2D eigenvalue weighted by Crippen LogP contribution is 2.51. The van der Waals surface area contributed by atoms with E-state index in [1.807, 2.05) is 122 Å². The Hall–Kier alpha value is -4.24. The van der Waals surface area contributed by atoms with Crippen LogP contribution in [0, 0.1) is 0 Å². The highest BCUT2D eigenvalue weighted by molar-refractivity contribution is 8.01. The minimum absolute atomic E-state index is 0.0237. The number of H-pyrrole nitrogens is 2. The summed E-state index contributed by atoms with van der Waals surface area (Å²) in [7, 11) is 0. The Kier molecular flexibility index (Phi) is 11.9. The van der Waals surface area contributed by atoms with Crippen LogP contribution in [0.3, 0.4) is 0 Å². The first-order valence-electron chi connectivity index (χ1n) is 15.3. The number of nitrogens with one attached hydrogen (secondary N) is 4. The molecule has 2 aromatic carbocycles. The number of thioether (sulfide) groups is 2. The maximum absolute atomic E-state index is 12.5. The number of carbonyl (C=O) groups excluding carboxylic acids is 2. The average molecular weight is 717 g/mol. The molecule has 6 aromatic rings. The fraction of sp³-hybridized carbons (Fsp3) is 0.235. The molecule has 0 aliphatic heterocycles. The molecule has 0 atom stereocenters. The molecule has 4 aromatic heterocycles. The van der Waals surface area contributed by atoms with Gasteiger partial charge in [0.1, 0.15) is 4.75 Å². The van der Waals surface area contributed by atoms with E-state index in [-0.39, 0.29) is 11.8 Å². The largest absolute Gasteiger partial charge is 0.325 e. The summed E-state index contributed by atoms with van der Waals surface area (Å²) in [6, 6.07) is 22.9. The van der Waals surface area contributed by atoms with Crippen LogP contribution in [-0.2, 0) is 9.59 Å². The van der Waals surface area contributed by atoms with Crippen molar-refractivity contribution in [3.63, 3.8) is 0 Å². The van der Waals surface area contributed by atoms with Crippen LogP contribution in [0.2, 0.25) is 0 Å². The highest BCUT2D eigenvalue weighted by Gasteiger charge is 2.52. The number of rotatable bonds is 10. The van der Waals surface area contributed by atoms with Crippen LogP contribution in [0.4, 0.5) is 11.4 Å². The number of hydrogen-bond donors (Lipinski definition) is 4. The van der Waals surface area contributed by atoms with E-state index in [1.54, 1.807) is 22.7 Å². The zero-order valence-electron chi connectivity index (χ0n) is 26.9. The topological polar surface area (TPSA) is 141 Å². The van der Waals surface area contributed by atoms with Crippen molar-refractivity contribution in [1.29, 1.82) is 0 Å². The van der Waals surface area contributed by atoms with Gasteiger partial charge in [0.05, 0.1) is 4.75 Å². The van der Waals surface area contributed by atoms with E-state index in [2.05, 4.69) is 41.0 Å². The smallest absolute Gasteiger partial charge is 0.241 e. The van der Waals surface area contributed by atoms with E-state index in [1.165, 1.54) is 23.5 Å². The number of anilines is 2. The molecule has 1 saturated carbocycles. The lowest BCUT2D eigenvalue weighted by atomic mass is 10.2. The summed E-state index contributed by atoms with van der Waals surface area (Å²) in [6.45, 7) is 7.72. The summed E-state index contributed by atoms with van der Waals surface area (Å²) < 4.78 is -1.13. The van der Waals surface area contributed by atoms with E-state index in [9.17, 15) is 9.59 Å². The lowest BCUT2D eigenvalue weighted by Crippen LogP contribution is -2.34. The van der Waals surface area contributed by atoms with Gasteiger partial charge in [-0.2, -0.15) is 22.7 Å². The van der Waals surface area contributed by atoms with Gasteiger partial charge in [0.15, 0.2) is 11.6 Å². The average Bonchev–Trinajstić information content (AvgIpc) is 3.69. The van der Waals surface area contributed by atoms with E-state index in [0.717, 1.165) is 41.2 Å². The Morgan fingerprint density at radius 1 is 0.750 bits per heavy atom. The van der Waals surface area contributed by atoms with Gasteiger partial charge in [0, 0.05) is 33.3 Å². The molecular formula is C34H36N8O2S4. The predicted molar refractivity (Wildman–Crippen MR) is 199 cm³/mol. The van der Waals surface area contributed by atoms with Crippen molar-refractivity contribution in [1.82, 2.24) is 30.4 Å². The van der Waals surface area contributed by atoms with Crippen molar-refractivity contribution in [3.8, 4) is 22.8 Å². The first-order valence-corrected chi connectivity index (χ1v) is 18.8. The van der Waals surface area contributed by atoms with Gasteiger partial charge in [0.25, 0.3) is 0 Å². The lowest BCUT2D eigenvalue weighted by molar-refractivity contribution is -0.118. The quantitative estimate of drug-likeness (QED) is 0.103. The Labute approximate surface area is 296 Å². The summed E-state index contributed by atoms with van der Waals surface area (Å²) in [5.74, 6) is 1.40. The third-order valence-electron chi connectivity index (χ3n) is 6.88. The molecule has 0 unspecified atom stereocenters. The van der Waals surface area contributed by atoms with Crippen LogP contribution in [0.1, 0.15) is 40.5 Å². The maximum atomic E-state index is 12.5. The van der Waals surface area contributed by atoms with Crippen molar-refractivity contribution in [2.75, 3.05) is 10.6 Å². The van der Waals surface area contributed by atoms with Gasteiger partial charge < -0.3 is 10.6 Å². The van der Waals surface area contributed by atoms with Crippen molar-refractivity contribution in [3.05, 3.63) is 94.3 Å². The van der Waals surface area contributed by atoms with E-state index < -0.39 is 9.49 Å². The number of amides is 2. The lowest BCUT2D eigenvalue weighted by Gasteiger charge is -2.21. The van der Waals surface area contributed by atoms with E-state index >= 15 is 0 Å². The fourth-order valence-corrected chi connectivity index (χ4v) is 7.29. The second kappa shape index (κ2) is 16.2. The van der Waals surface area contributed by atoms with Crippen molar-refractivity contribution in [2.24, 2.45) is 0 Å². The molecule has 7 rings (SSSR count). The van der Waals surface area contributed by atoms with Gasteiger partial charge >= 0.3 is 0 Å². The molecule has 4 heterocycles. The van der Waals surface area contributed by atoms with Gasteiger partial charge in [-0.05, 0) is 73.8 Å². The number of thiophene rings is 2. The van der Waals surface area contributed by atoms with Crippen LogP contribution in [0.25, 0.3) is 22.8 Å². The van der Waals surface area contributed by atoms with Gasteiger partial charge in [-0.25, -0.2) is 9.97 Å². The van der Waals surface area contributed by atoms with Crippen LogP contribution in [0.15, 0.2) is 105 Å². The monoisotopic (exact) mass is 716 g/mol. The van der Waals surface area contributed by atoms with Crippen LogP contribution >= 0.6 is 46.2 Å². The Balaban J connectivity index is 0.000000179. The number of para-hydroxylation sites is 2. The molecule has 0 radical (unpaired) electrons. The van der Waals surface area contributed by atoms with Gasteiger partial charge in [-0.15, -0.1) is 10.2 Å². The second-order valence-corrected chi connectivity index (χ2v) is 15.3. The summed E-state index contributed by atoms with van der Waals surface area (Å²) >= 11 is 5.99. The van der Waals surface area contributed by atoms with Crippen LogP contribution < -0.4 is 10.6 Å². The van der Waals surface area contributed by atoms with Gasteiger partial charge in [-0.3, -0.25) is 19.8 Å². The number of aromatic nitrogens is 6. The zero-order valence-corrected chi connectivity index (χ0v) is 30.2. The van der Waals surface area contributed by atoms with Gasteiger partial charge in [-0.1, -0.05) is 73.8 Å².